The molecule has 0 amide bonds. The summed E-state index contributed by atoms with van der Waals surface area (Å²) in [6.45, 7) is 6.39. The lowest BCUT2D eigenvalue weighted by Crippen LogP contribution is -2.30. The van der Waals surface area contributed by atoms with Crippen LogP contribution in [0.25, 0.3) is 0 Å². The van der Waals surface area contributed by atoms with E-state index in [1.54, 1.807) is 0 Å². The molecule has 0 heterocycles. The minimum Gasteiger partial charge on any atom is -0.462 e. The topological polar surface area (TPSA) is 78.9 Å². The number of hydrogen-bond donors (Lipinski definition) is 0. The quantitative estimate of drug-likeness (QED) is 0.0261. The van der Waals surface area contributed by atoms with Crippen molar-refractivity contribution in [3.63, 3.8) is 0 Å². The van der Waals surface area contributed by atoms with Gasteiger partial charge in [-0.25, -0.2) is 0 Å². The fourth-order valence-corrected chi connectivity index (χ4v) is 8.27. The highest BCUT2D eigenvalue weighted by Crippen LogP contribution is 2.16. The van der Waals surface area contributed by atoms with Crippen molar-refractivity contribution in [1.82, 2.24) is 0 Å². The van der Waals surface area contributed by atoms with Crippen LogP contribution in [0.1, 0.15) is 284 Å². The van der Waals surface area contributed by atoms with Crippen LogP contribution < -0.4 is 0 Å². The molecule has 6 nitrogen and oxygen atoms in total. The minimum absolute atomic E-state index is 0.0850. The molecule has 0 radical (unpaired) electrons. The molecule has 0 N–H and O–H groups in total. The first-order chi connectivity index (χ1) is 34.5. The molecule has 0 aromatic heterocycles. The first-order valence-electron chi connectivity index (χ1n) is 29.6. The first kappa shape index (κ1) is 66.6. The highest BCUT2D eigenvalue weighted by molar-refractivity contribution is 5.71. The molecule has 1 atom stereocenters. The Balaban J connectivity index is 4.14. The Bertz CT molecular complexity index is 1350. The summed E-state index contributed by atoms with van der Waals surface area (Å²) in [5.74, 6) is -0.909. The number of rotatable bonds is 53. The second-order valence-electron chi connectivity index (χ2n) is 19.5. The molecule has 0 aliphatic rings. The number of hydrogen-bond acceptors (Lipinski definition) is 6. The van der Waals surface area contributed by atoms with Gasteiger partial charge in [0.25, 0.3) is 0 Å². The van der Waals surface area contributed by atoms with Crippen molar-refractivity contribution in [1.29, 1.82) is 0 Å². The Morgan fingerprint density at radius 1 is 0.300 bits per heavy atom. The molecule has 0 aromatic rings. The summed E-state index contributed by atoms with van der Waals surface area (Å²) < 4.78 is 16.8. The molecule has 0 aliphatic heterocycles. The zero-order valence-corrected chi connectivity index (χ0v) is 46.0. The van der Waals surface area contributed by atoms with Gasteiger partial charge in [0, 0.05) is 19.3 Å². The Morgan fingerprint density at radius 2 is 0.557 bits per heavy atom. The largest absolute Gasteiger partial charge is 0.462 e. The Hall–Kier alpha value is -3.41. The molecule has 402 valence electrons. The van der Waals surface area contributed by atoms with Crippen LogP contribution in [-0.4, -0.2) is 37.2 Å². The van der Waals surface area contributed by atoms with E-state index in [0.717, 1.165) is 109 Å². The minimum atomic E-state index is -0.788. The SMILES string of the molecule is CC/C=C\C/C=C\C/C=C\C/C=C\CCCCCCCCCCCCCCCCCCC(=O)OCC(COC(=O)CCCCCCCCCCCC)OC(=O)CCCCC/C=C\C/C=C\C/C=C\CC. The number of unbranched alkanes of at least 4 members (excludes halogenated alkanes) is 28. The molecule has 0 fully saturated rings. The van der Waals surface area contributed by atoms with Gasteiger partial charge in [0.05, 0.1) is 0 Å². The number of allylic oxidation sites excluding steroid dienone is 14. The lowest BCUT2D eigenvalue weighted by atomic mass is 10.0. The lowest BCUT2D eigenvalue weighted by Gasteiger charge is -2.18. The number of esters is 3. The average Bonchev–Trinajstić information content (AvgIpc) is 3.36. The number of carbonyl (C=O) groups excluding carboxylic acids is 3. The van der Waals surface area contributed by atoms with Gasteiger partial charge in [-0.15, -0.1) is 0 Å². The summed E-state index contributed by atoms with van der Waals surface area (Å²) in [4.78, 5) is 38.0. The predicted octanol–water partition coefficient (Wildman–Crippen LogP) is 19.9. The van der Waals surface area contributed by atoms with E-state index in [1.807, 2.05) is 0 Å². The molecular formula is C64H110O6. The summed E-state index contributed by atoms with van der Waals surface area (Å²) in [6.07, 6.45) is 76.0. The molecule has 0 aliphatic carbocycles. The molecule has 0 rings (SSSR count). The highest BCUT2D eigenvalue weighted by Gasteiger charge is 2.19. The van der Waals surface area contributed by atoms with Crippen LogP contribution in [0.4, 0.5) is 0 Å². The summed E-state index contributed by atoms with van der Waals surface area (Å²) in [5.41, 5.74) is 0. The van der Waals surface area contributed by atoms with Gasteiger partial charge < -0.3 is 14.2 Å². The molecule has 1 unspecified atom stereocenters. The summed E-state index contributed by atoms with van der Waals surface area (Å²) in [5, 5.41) is 0. The van der Waals surface area contributed by atoms with E-state index in [0.29, 0.717) is 19.3 Å². The van der Waals surface area contributed by atoms with E-state index in [2.05, 4.69) is 106 Å². The summed E-state index contributed by atoms with van der Waals surface area (Å²) in [7, 11) is 0. The number of ether oxygens (including phenoxy) is 3. The fourth-order valence-electron chi connectivity index (χ4n) is 8.27. The first-order valence-corrected chi connectivity index (χ1v) is 29.6. The monoisotopic (exact) mass is 975 g/mol. The highest BCUT2D eigenvalue weighted by atomic mass is 16.6. The van der Waals surface area contributed by atoms with E-state index >= 15 is 0 Å². The molecule has 6 heteroatoms. The van der Waals surface area contributed by atoms with E-state index < -0.39 is 6.10 Å². The fraction of sp³-hybridized carbons (Fsp3) is 0.734. The van der Waals surface area contributed by atoms with Gasteiger partial charge in [-0.05, 0) is 89.9 Å². The summed E-state index contributed by atoms with van der Waals surface area (Å²) in [6, 6.07) is 0. The van der Waals surface area contributed by atoms with Crippen LogP contribution in [0.15, 0.2) is 85.1 Å². The standard InChI is InChI=1S/C64H110O6/c1-4-7-10-13-16-19-22-24-25-26-27-28-29-30-31-32-33-34-35-36-37-38-39-41-42-45-48-51-54-57-63(66)69-60-61(59-68-62(65)56-53-50-47-44-21-18-15-12-9-6-3)70-64(67)58-55-52-49-46-43-40-23-20-17-14-11-8-5-2/h7-8,10-11,16-17,19-20,24-25,27-28,40,43,61H,4-6,9,12-15,18,21-23,26,29-39,41-42,44-60H2,1-3H3/b10-7-,11-8-,19-16-,20-17-,25-24-,28-27-,43-40-. The van der Waals surface area contributed by atoms with Crippen molar-refractivity contribution in [2.24, 2.45) is 0 Å². The normalized spacial score (nSPS) is 12.7. The zero-order valence-electron chi connectivity index (χ0n) is 46.0. The van der Waals surface area contributed by atoms with Crippen molar-refractivity contribution < 1.29 is 28.6 Å². The smallest absolute Gasteiger partial charge is 0.306 e. The predicted molar refractivity (Wildman–Crippen MR) is 302 cm³/mol. The van der Waals surface area contributed by atoms with Gasteiger partial charge in [-0.1, -0.05) is 260 Å². The molecule has 0 bridgehead atoms. The molecule has 70 heavy (non-hydrogen) atoms. The van der Waals surface area contributed by atoms with E-state index in [9.17, 15) is 14.4 Å². The summed E-state index contributed by atoms with van der Waals surface area (Å²) >= 11 is 0. The van der Waals surface area contributed by atoms with Crippen LogP contribution in [0.5, 0.6) is 0 Å². The van der Waals surface area contributed by atoms with Crippen molar-refractivity contribution >= 4 is 17.9 Å². The second kappa shape index (κ2) is 58.2. The average molecular weight is 976 g/mol. The molecule has 0 saturated heterocycles. The van der Waals surface area contributed by atoms with Gasteiger partial charge >= 0.3 is 17.9 Å². The Morgan fingerprint density at radius 3 is 0.886 bits per heavy atom. The maximum Gasteiger partial charge on any atom is 0.306 e. The third kappa shape index (κ3) is 55.5. The Kier molecular flexibility index (Phi) is 55.3. The second-order valence-corrected chi connectivity index (χ2v) is 19.5. The van der Waals surface area contributed by atoms with Crippen molar-refractivity contribution in [2.45, 2.75) is 290 Å². The van der Waals surface area contributed by atoms with Gasteiger partial charge in [-0.3, -0.25) is 14.4 Å². The molecular weight excluding hydrogens is 865 g/mol. The third-order valence-corrected chi connectivity index (χ3v) is 12.6. The van der Waals surface area contributed by atoms with Crippen molar-refractivity contribution in [3.05, 3.63) is 85.1 Å². The van der Waals surface area contributed by atoms with Crippen LogP contribution in [-0.2, 0) is 28.6 Å². The molecule has 0 saturated carbocycles. The van der Waals surface area contributed by atoms with Gasteiger partial charge in [0.2, 0.25) is 0 Å². The van der Waals surface area contributed by atoms with Gasteiger partial charge in [-0.2, -0.15) is 0 Å². The molecule has 0 spiro atoms. The third-order valence-electron chi connectivity index (χ3n) is 12.6. The van der Waals surface area contributed by atoms with Crippen LogP contribution in [0.2, 0.25) is 0 Å². The lowest BCUT2D eigenvalue weighted by molar-refractivity contribution is -0.167. The van der Waals surface area contributed by atoms with Crippen LogP contribution in [0, 0.1) is 0 Å². The molecule has 0 aromatic carbocycles. The Labute approximate surface area is 433 Å². The maximum atomic E-state index is 12.8. The van der Waals surface area contributed by atoms with Crippen molar-refractivity contribution in [3.8, 4) is 0 Å². The zero-order chi connectivity index (χ0) is 50.7. The van der Waals surface area contributed by atoms with Crippen LogP contribution >= 0.6 is 0 Å². The van der Waals surface area contributed by atoms with E-state index in [-0.39, 0.29) is 31.1 Å². The van der Waals surface area contributed by atoms with Crippen LogP contribution in [0.3, 0.4) is 0 Å². The van der Waals surface area contributed by atoms with E-state index in [1.165, 1.54) is 135 Å². The van der Waals surface area contributed by atoms with Gasteiger partial charge in [0.15, 0.2) is 6.10 Å². The van der Waals surface area contributed by atoms with Crippen molar-refractivity contribution in [2.75, 3.05) is 13.2 Å². The maximum absolute atomic E-state index is 12.8. The van der Waals surface area contributed by atoms with E-state index in [4.69, 9.17) is 14.2 Å². The number of carbonyl (C=O) groups is 3. The van der Waals surface area contributed by atoms with Gasteiger partial charge in [0.1, 0.15) is 13.2 Å².